The zero-order valence-corrected chi connectivity index (χ0v) is 12.4. The summed E-state index contributed by atoms with van der Waals surface area (Å²) in [6.45, 7) is 3.51. The van der Waals surface area contributed by atoms with E-state index in [4.69, 9.17) is 5.11 Å². The average Bonchev–Trinajstić information content (AvgIpc) is 2.89. The molecule has 1 aromatic rings. The van der Waals surface area contributed by atoms with Gasteiger partial charge in [-0.15, -0.1) is 6.58 Å². The molecule has 0 aliphatic carbocycles. The Kier molecular flexibility index (Phi) is 5.26. The molecule has 0 radical (unpaired) electrons. The Morgan fingerprint density at radius 1 is 1.35 bits per heavy atom. The van der Waals surface area contributed by atoms with Crippen LogP contribution in [0.15, 0.2) is 43.0 Å². The number of aliphatic carboxylic acids is 1. The quantitative estimate of drug-likeness (QED) is 0.669. The molecule has 1 amide bonds. The molecule has 1 saturated heterocycles. The van der Waals surface area contributed by atoms with Gasteiger partial charge >= 0.3 is 5.97 Å². The number of halogens is 2. The van der Waals surface area contributed by atoms with Gasteiger partial charge in [0, 0.05) is 24.1 Å². The summed E-state index contributed by atoms with van der Waals surface area (Å²) in [5.41, 5.74) is 0.232. The van der Waals surface area contributed by atoms with Crippen molar-refractivity contribution in [1.82, 2.24) is 4.90 Å². The SMILES string of the molecule is C=CCC(=O)N1[C@@H](C=CC(=O)O)CC[C@H]1c1ccc(F)cc1F. The van der Waals surface area contributed by atoms with Crippen LogP contribution in [-0.2, 0) is 9.59 Å². The van der Waals surface area contributed by atoms with E-state index in [0.29, 0.717) is 12.8 Å². The Bertz CT molecular complexity index is 657. The second-order valence-corrected chi connectivity index (χ2v) is 5.32. The summed E-state index contributed by atoms with van der Waals surface area (Å²) < 4.78 is 27.1. The first-order valence-electron chi connectivity index (χ1n) is 7.22. The Morgan fingerprint density at radius 2 is 2.09 bits per heavy atom. The van der Waals surface area contributed by atoms with Gasteiger partial charge in [0.05, 0.1) is 12.1 Å². The number of carbonyl (C=O) groups excluding carboxylic acids is 1. The van der Waals surface area contributed by atoms with Crippen LogP contribution in [0.25, 0.3) is 0 Å². The lowest BCUT2D eigenvalue weighted by Gasteiger charge is -2.29. The van der Waals surface area contributed by atoms with E-state index in [1.54, 1.807) is 0 Å². The Labute approximate surface area is 132 Å². The number of carboxylic acid groups (broad SMARTS) is 1. The van der Waals surface area contributed by atoms with Gasteiger partial charge < -0.3 is 10.0 Å². The molecule has 2 atom stereocenters. The van der Waals surface area contributed by atoms with Gasteiger partial charge in [-0.3, -0.25) is 4.79 Å². The van der Waals surface area contributed by atoms with E-state index >= 15 is 0 Å². The number of rotatable bonds is 5. The van der Waals surface area contributed by atoms with Crippen LogP contribution < -0.4 is 0 Å². The van der Waals surface area contributed by atoms with Gasteiger partial charge in [0.1, 0.15) is 11.6 Å². The van der Waals surface area contributed by atoms with Gasteiger partial charge in [-0.1, -0.05) is 18.2 Å². The fraction of sp³-hybridized carbons (Fsp3) is 0.294. The second kappa shape index (κ2) is 7.17. The molecule has 0 unspecified atom stereocenters. The van der Waals surface area contributed by atoms with Crippen molar-refractivity contribution in [3.05, 3.63) is 60.2 Å². The highest BCUT2D eigenvalue weighted by atomic mass is 19.1. The minimum absolute atomic E-state index is 0.0662. The predicted octanol–water partition coefficient (Wildman–Crippen LogP) is 3.21. The van der Waals surface area contributed by atoms with Crippen molar-refractivity contribution in [2.45, 2.75) is 31.3 Å². The molecule has 0 bridgehead atoms. The summed E-state index contributed by atoms with van der Waals surface area (Å²) in [5, 5.41) is 8.75. The average molecular weight is 321 g/mol. The van der Waals surface area contributed by atoms with Crippen LogP contribution in [-0.4, -0.2) is 27.9 Å². The fourth-order valence-electron chi connectivity index (χ4n) is 2.89. The van der Waals surface area contributed by atoms with E-state index in [0.717, 1.165) is 18.2 Å². The standard InChI is InChI=1S/C17H17F2NO3/c1-2-3-16(21)20-12(6-9-17(22)23)5-8-15(20)13-7-4-11(18)10-14(13)19/h2,4,6-7,9-10,12,15H,1,3,5,8H2,(H,22,23)/t12-,15+/m1/s1. The molecule has 23 heavy (non-hydrogen) atoms. The van der Waals surface area contributed by atoms with Crippen LogP contribution in [0.2, 0.25) is 0 Å². The van der Waals surface area contributed by atoms with Crippen molar-refractivity contribution in [1.29, 1.82) is 0 Å². The highest BCUT2D eigenvalue weighted by molar-refractivity contribution is 5.81. The minimum atomic E-state index is -1.11. The number of nitrogens with zero attached hydrogens (tertiary/aromatic N) is 1. The topological polar surface area (TPSA) is 57.6 Å². The summed E-state index contributed by atoms with van der Waals surface area (Å²) >= 11 is 0. The Morgan fingerprint density at radius 3 is 2.70 bits per heavy atom. The first kappa shape index (κ1) is 16.9. The fourth-order valence-corrected chi connectivity index (χ4v) is 2.89. The van der Waals surface area contributed by atoms with Crippen LogP contribution in [0, 0.1) is 11.6 Å². The molecule has 2 rings (SSSR count). The first-order chi connectivity index (χ1) is 10.9. The summed E-state index contributed by atoms with van der Waals surface area (Å²) in [4.78, 5) is 24.5. The van der Waals surface area contributed by atoms with E-state index < -0.39 is 29.7 Å². The summed E-state index contributed by atoms with van der Waals surface area (Å²) in [7, 11) is 0. The van der Waals surface area contributed by atoms with E-state index in [1.807, 2.05) is 0 Å². The summed E-state index contributed by atoms with van der Waals surface area (Å²) in [6, 6.07) is 2.27. The molecule has 1 aliphatic heterocycles. The number of carboxylic acids is 1. The number of likely N-dealkylation sites (tertiary alicyclic amines) is 1. The molecule has 6 heteroatoms. The van der Waals surface area contributed by atoms with Gasteiger partial charge in [0.25, 0.3) is 0 Å². The van der Waals surface area contributed by atoms with Crippen LogP contribution in [0.1, 0.15) is 30.9 Å². The van der Waals surface area contributed by atoms with Gasteiger partial charge in [-0.05, 0) is 18.9 Å². The number of benzene rings is 1. The molecule has 1 N–H and O–H groups in total. The van der Waals surface area contributed by atoms with Gasteiger partial charge in [-0.2, -0.15) is 0 Å². The Hall–Kier alpha value is -2.50. The zero-order valence-electron chi connectivity index (χ0n) is 12.4. The van der Waals surface area contributed by atoms with Gasteiger partial charge in [0.2, 0.25) is 5.91 Å². The summed E-state index contributed by atoms with van der Waals surface area (Å²) in [5.74, 6) is -2.78. The summed E-state index contributed by atoms with van der Waals surface area (Å²) in [6.07, 6.45) is 4.88. The predicted molar refractivity (Wildman–Crippen MR) is 80.6 cm³/mol. The third-order valence-corrected chi connectivity index (χ3v) is 3.82. The molecular weight excluding hydrogens is 304 g/mol. The third kappa shape index (κ3) is 3.83. The van der Waals surface area contributed by atoms with Crippen LogP contribution in [0.3, 0.4) is 0 Å². The highest BCUT2D eigenvalue weighted by Gasteiger charge is 2.37. The van der Waals surface area contributed by atoms with Crippen molar-refractivity contribution < 1.29 is 23.5 Å². The lowest BCUT2D eigenvalue weighted by molar-refractivity contribution is -0.133. The molecule has 0 spiro atoms. The van der Waals surface area contributed by atoms with Crippen molar-refractivity contribution in [3.8, 4) is 0 Å². The molecule has 1 heterocycles. The van der Waals surface area contributed by atoms with E-state index in [1.165, 1.54) is 23.1 Å². The normalized spacial score (nSPS) is 20.9. The molecule has 0 saturated carbocycles. The first-order valence-corrected chi connectivity index (χ1v) is 7.22. The monoisotopic (exact) mass is 321 g/mol. The van der Waals surface area contributed by atoms with Crippen LogP contribution in [0.5, 0.6) is 0 Å². The third-order valence-electron chi connectivity index (χ3n) is 3.82. The highest BCUT2D eigenvalue weighted by Crippen LogP contribution is 2.38. The van der Waals surface area contributed by atoms with Crippen molar-refractivity contribution in [2.24, 2.45) is 0 Å². The van der Waals surface area contributed by atoms with E-state index in [-0.39, 0.29) is 17.9 Å². The Balaban J connectivity index is 2.35. The maximum absolute atomic E-state index is 14.1. The van der Waals surface area contributed by atoms with Gasteiger partial charge in [-0.25, -0.2) is 13.6 Å². The van der Waals surface area contributed by atoms with Crippen molar-refractivity contribution >= 4 is 11.9 Å². The smallest absolute Gasteiger partial charge is 0.328 e. The second-order valence-electron chi connectivity index (χ2n) is 5.32. The van der Waals surface area contributed by atoms with Crippen molar-refractivity contribution in [2.75, 3.05) is 0 Å². The number of hydrogen-bond donors (Lipinski definition) is 1. The largest absolute Gasteiger partial charge is 0.478 e. The van der Waals surface area contributed by atoms with Crippen molar-refractivity contribution in [3.63, 3.8) is 0 Å². The maximum Gasteiger partial charge on any atom is 0.328 e. The molecule has 1 aliphatic rings. The minimum Gasteiger partial charge on any atom is -0.478 e. The molecule has 0 aromatic heterocycles. The molecule has 1 aromatic carbocycles. The zero-order chi connectivity index (χ0) is 17.0. The lowest BCUT2D eigenvalue weighted by Crippen LogP contribution is -2.36. The molecule has 122 valence electrons. The van der Waals surface area contributed by atoms with E-state index in [9.17, 15) is 18.4 Å². The van der Waals surface area contributed by atoms with Gasteiger partial charge in [0.15, 0.2) is 0 Å². The molecule has 1 fully saturated rings. The van der Waals surface area contributed by atoms with Crippen LogP contribution in [0.4, 0.5) is 8.78 Å². The van der Waals surface area contributed by atoms with E-state index in [2.05, 4.69) is 6.58 Å². The molecular formula is C17H17F2NO3. The van der Waals surface area contributed by atoms with Crippen LogP contribution >= 0.6 is 0 Å². The maximum atomic E-state index is 14.1. The molecule has 4 nitrogen and oxygen atoms in total. The number of hydrogen-bond acceptors (Lipinski definition) is 2. The number of carbonyl (C=O) groups is 2. The number of amides is 1. The lowest BCUT2D eigenvalue weighted by atomic mass is 10.0.